The van der Waals surface area contributed by atoms with Gasteiger partial charge in [0.05, 0.1) is 12.2 Å². The second-order valence-electron chi connectivity index (χ2n) is 5.12. The van der Waals surface area contributed by atoms with Crippen molar-refractivity contribution in [2.24, 2.45) is 0 Å². The Morgan fingerprint density at radius 1 is 1.24 bits per heavy atom. The number of aromatic amines is 1. The van der Waals surface area contributed by atoms with Gasteiger partial charge in [-0.05, 0) is 23.1 Å². The molecule has 2 aromatic rings. The number of aromatic nitrogens is 3. The Bertz CT molecular complexity index is 451. The van der Waals surface area contributed by atoms with Gasteiger partial charge in [0, 0.05) is 12.4 Å². The van der Waals surface area contributed by atoms with Crippen molar-refractivity contribution >= 4 is 5.82 Å². The molecule has 0 aliphatic rings. The van der Waals surface area contributed by atoms with Crippen LogP contribution in [0.15, 0.2) is 30.6 Å². The summed E-state index contributed by atoms with van der Waals surface area (Å²) in [5.74, 6) is 0.882. The molecule has 2 heterocycles. The summed E-state index contributed by atoms with van der Waals surface area (Å²) < 4.78 is 0. The molecule has 0 spiro atoms. The third-order valence-corrected chi connectivity index (χ3v) is 2.65. The summed E-state index contributed by atoms with van der Waals surface area (Å²) in [6.45, 7) is 7.26. The minimum Gasteiger partial charge on any atom is -0.364 e. The molecule has 0 radical (unpaired) electrons. The van der Waals surface area contributed by atoms with Gasteiger partial charge in [-0.25, -0.2) is 4.98 Å². The molecule has 0 aliphatic carbocycles. The fourth-order valence-electron chi connectivity index (χ4n) is 1.51. The van der Waals surface area contributed by atoms with E-state index < -0.39 is 0 Å². The molecule has 0 aliphatic heterocycles. The van der Waals surface area contributed by atoms with Crippen molar-refractivity contribution in [1.82, 2.24) is 15.2 Å². The minimum absolute atomic E-state index is 0.148. The van der Waals surface area contributed by atoms with Crippen LogP contribution in [0.5, 0.6) is 0 Å². The number of hydrogen-bond donors (Lipinski definition) is 2. The monoisotopic (exact) mass is 230 g/mol. The highest BCUT2D eigenvalue weighted by Gasteiger charge is 2.13. The number of pyridine rings is 1. The van der Waals surface area contributed by atoms with Crippen LogP contribution in [0.25, 0.3) is 0 Å². The summed E-state index contributed by atoms with van der Waals surface area (Å²) in [5, 5.41) is 10.0. The molecule has 0 aromatic carbocycles. The van der Waals surface area contributed by atoms with E-state index in [1.54, 1.807) is 6.20 Å². The molecule has 90 valence electrons. The van der Waals surface area contributed by atoms with Crippen molar-refractivity contribution in [2.75, 3.05) is 5.32 Å². The van der Waals surface area contributed by atoms with E-state index >= 15 is 0 Å². The molecule has 0 saturated carbocycles. The molecular weight excluding hydrogens is 212 g/mol. The Balaban J connectivity index is 1.99. The summed E-state index contributed by atoms with van der Waals surface area (Å²) in [7, 11) is 0. The molecule has 0 amide bonds. The molecule has 2 rings (SSSR count). The van der Waals surface area contributed by atoms with Crippen molar-refractivity contribution in [3.8, 4) is 0 Å². The van der Waals surface area contributed by atoms with Gasteiger partial charge in [0.1, 0.15) is 5.82 Å². The predicted octanol–water partition coefficient (Wildman–Crippen LogP) is 2.71. The van der Waals surface area contributed by atoms with Crippen molar-refractivity contribution in [2.45, 2.75) is 32.7 Å². The van der Waals surface area contributed by atoms with E-state index in [0.717, 1.165) is 11.5 Å². The zero-order valence-corrected chi connectivity index (χ0v) is 10.5. The van der Waals surface area contributed by atoms with Crippen molar-refractivity contribution in [1.29, 1.82) is 0 Å². The van der Waals surface area contributed by atoms with Gasteiger partial charge >= 0.3 is 0 Å². The summed E-state index contributed by atoms with van der Waals surface area (Å²) in [6.07, 6.45) is 3.67. The van der Waals surface area contributed by atoms with E-state index in [-0.39, 0.29) is 5.41 Å². The molecule has 0 fully saturated rings. The Hall–Kier alpha value is -1.84. The first-order valence-electron chi connectivity index (χ1n) is 5.74. The number of nitrogens with one attached hydrogen (secondary N) is 2. The van der Waals surface area contributed by atoms with E-state index in [1.165, 1.54) is 5.56 Å². The molecule has 4 nitrogen and oxygen atoms in total. The van der Waals surface area contributed by atoms with E-state index in [1.807, 2.05) is 18.3 Å². The van der Waals surface area contributed by atoms with Gasteiger partial charge in [-0.3, -0.25) is 5.10 Å². The maximum Gasteiger partial charge on any atom is 0.126 e. The Labute approximate surface area is 101 Å². The largest absolute Gasteiger partial charge is 0.364 e. The quantitative estimate of drug-likeness (QED) is 0.852. The first-order valence-corrected chi connectivity index (χ1v) is 5.74. The number of anilines is 1. The topological polar surface area (TPSA) is 53.6 Å². The van der Waals surface area contributed by atoms with Gasteiger partial charge in [0.2, 0.25) is 0 Å². The molecular formula is C13H18N4. The lowest BCUT2D eigenvalue weighted by molar-refractivity contribution is 0.587. The average molecular weight is 230 g/mol. The number of rotatable bonds is 3. The molecule has 17 heavy (non-hydrogen) atoms. The Morgan fingerprint density at radius 3 is 2.59 bits per heavy atom. The van der Waals surface area contributed by atoms with Crippen LogP contribution in [0, 0.1) is 0 Å². The zero-order valence-electron chi connectivity index (χ0n) is 10.5. The average Bonchev–Trinajstić information content (AvgIpc) is 2.78. The Morgan fingerprint density at radius 2 is 2.06 bits per heavy atom. The van der Waals surface area contributed by atoms with Gasteiger partial charge in [-0.15, -0.1) is 0 Å². The van der Waals surface area contributed by atoms with Crippen LogP contribution in [0.4, 0.5) is 5.82 Å². The van der Waals surface area contributed by atoms with Gasteiger partial charge < -0.3 is 5.32 Å². The molecule has 0 atom stereocenters. The van der Waals surface area contributed by atoms with Crippen molar-refractivity contribution < 1.29 is 0 Å². The second kappa shape index (κ2) is 4.57. The van der Waals surface area contributed by atoms with Gasteiger partial charge in [0.25, 0.3) is 0 Å². The van der Waals surface area contributed by atoms with E-state index in [9.17, 15) is 0 Å². The lowest BCUT2D eigenvalue weighted by Crippen LogP contribution is -2.11. The van der Waals surface area contributed by atoms with E-state index in [0.29, 0.717) is 6.54 Å². The van der Waals surface area contributed by atoms with Crippen molar-refractivity contribution in [3.63, 3.8) is 0 Å². The molecule has 2 N–H and O–H groups in total. The van der Waals surface area contributed by atoms with Crippen LogP contribution in [-0.4, -0.2) is 15.2 Å². The highest BCUT2D eigenvalue weighted by molar-refractivity contribution is 5.37. The van der Waals surface area contributed by atoms with Crippen LogP contribution in [0.3, 0.4) is 0 Å². The summed E-state index contributed by atoms with van der Waals surface area (Å²) >= 11 is 0. The fraction of sp³-hybridized carbons (Fsp3) is 0.385. The maximum absolute atomic E-state index is 4.40. The van der Waals surface area contributed by atoms with E-state index in [2.05, 4.69) is 47.3 Å². The lowest BCUT2D eigenvalue weighted by atomic mass is 9.88. The first-order chi connectivity index (χ1) is 8.05. The third-order valence-electron chi connectivity index (χ3n) is 2.65. The summed E-state index contributed by atoms with van der Waals surface area (Å²) in [5.41, 5.74) is 2.44. The third kappa shape index (κ3) is 3.06. The normalized spacial score (nSPS) is 11.5. The first kappa shape index (κ1) is 11.6. The smallest absolute Gasteiger partial charge is 0.126 e. The second-order valence-corrected chi connectivity index (χ2v) is 5.12. The summed E-state index contributed by atoms with van der Waals surface area (Å²) in [6, 6.07) is 6.07. The molecule has 0 saturated heterocycles. The predicted molar refractivity (Wildman–Crippen MR) is 68.9 cm³/mol. The van der Waals surface area contributed by atoms with Gasteiger partial charge in [-0.2, -0.15) is 5.10 Å². The van der Waals surface area contributed by atoms with Gasteiger partial charge in [-0.1, -0.05) is 26.8 Å². The summed E-state index contributed by atoms with van der Waals surface area (Å²) in [4.78, 5) is 4.40. The standard InChI is InChI=1S/C13H18N4/c1-13(2,3)10-4-5-12(14-8-10)15-9-11-6-7-16-17-11/h4-8H,9H2,1-3H3,(H,14,15)(H,16,17). The Kier molecular flexibility index (Phi) is 3.13. The molecule has 2 aromatic heterocycles. The molecule has 0 bridgehead atoms. The molecule has 4 heteroatoms. The lowest BCUT2D eigenvalue weighted by Gasteiger charge is -2.18. The number of hydrogen-bond acceptors (Lipinski definition) is 3. The van der Waals surface area contributed by atoms with Crippen LogP contribution in [-0.2, 0) is 12.0 Å². The molecule has 0 unspecified atom stereocenters. The van der Waals surface area contributed by atoms with Crippen LogP contribution in [0.2, 0.25) is 0 Å². The fourth-order valence-corrected chi connectivity index (χ4v) is 1.51. The van der Waals surface area contributed by atoms with Crippen LogP contribution < -0.4 is 5.32 Å². The maximum atomic E-state index is 4.40. The number of H-pyrrole nitrogens is 1. The number of nitrogens with zero attached hydrogens (tertiary/aromatic N) is 2. The highest BCUT2D eigenvalue weighted by atomic mass is 15.1. The van der Waals surface area contributed by atoms with Crippen LogP contribution in [0.1, 0.15) is 32.0 Å². The van der Waals surface area contributed by atoms with Crippen molar-refractivity contribution in [3.05, 3.63) is 41.9 Å². The SMILES string of the molecule is CC(C)(C)c1ccc(NCc2ccn[nH]2)nc1. The van der Waals surface area contributed by atoms with E-state index in [4.69, 9.17) is 0 Å². The zero-order chi connectivity index (χ0) is 12.3. The minimum atomic E-state index is 0.148. The van der Waals surface area contributed by atoms with Gasteiger partial charge in [0.15, 0.2) is 0 Å². The highest BCUT2D eigenvalue weighted by Crippen LogP contribution is 2.21. The van der Waals surface area contributed by atoms with Crippen LogP contribution >= 0.6 is 0 Å².